The number of nitrogens with zero attached hydrogens (tertiary/aromatic N) is 2. The number of carboxylic acids is 1. The molecule has 0 spiro atoms. The van der Waals surface area contributed by atoms with Crippen LogP contribution in [0.1, 0.15) is 99.3 Å². The number of ether oxygens (including phenoxy) is 1. The minimum Gasteiger partial charge on any atom is -0.494 e. The minimum absolute atomic E-state index is 0.0814. The molecular weight excluding hydrogens is 689 g/mol. The molecule has 0 aliphatic heterocycles. The van der Waals surface area contributed by atoms with E-state index in [1.54, 1.807) is 48.8 Å². The quantitative estimate of drug-likeness (QED) is 0.0764. The van der Waals surface area contributed by atoms with Gasteiger partial charge in [0.2, 0.25) is 5.91 Å². The van der Waals surface area contributed by atoms with E-state index < -0.39 is 29.9 Å². The fourth-order valence-corrected chi connectivity index (χ4v) is 6.25. The van der Waals surface area contributed by atoms with Crippen molar-refractivity contribution in [2.75, 3.05) is 6.61 Å². The Morgan fingerprint density at radius 2 is 1.36 bits per heavy atom. The summed E-state index contributed by atoms with van der Waals surface area (Å²) in [5.74, 6) is -0.535. The standard InChI is InChI=1S/C46H52N4O5/c1-5-6-7-8-12-27-55-39-25-21-33(22-26-39)37-30-47-43(48-31-37)35-17-15-32(16-18-35)28-41(50-44(53)36-19-23-38(24-20-36)46(2,3)4)45(54)49-40(29-42(51)52)34-13-10-9-11-14-34/h9-11,13-26,30-31,40-41H,5-8,12,27-29H2,1-4H3,(H,49,54)(H,50,53)(H,51,52). The summed E-state index contributed by atoms with van der Waals surface area (Å²) in [4.78, 5) is 48.4. The molecule has 286 valence electrons. The monoisotopic (exact) mass is 740 g/mol. The topological polar surface area (TPSA) is 131 Å². The molecule has 4 aromatic carbocycles. The second-order valence-electron chi connectivity index (χ2n) is 14.9. The molecule has 9 nitrogen and oxygen atoms in total. The third-order valence-corrected chi connectivity index (χ3v) is 9.54. The highest BCUT2D eigenvalue weighted by Crippen LogP contribution is 2.25. The molecule has 5 aromatic rings. The Kier molecular flexibility index (Phi) is 14.3. The molecule has 2 amide bonds. The fraction of sp³-hybridized carbons (Fsp3) is 0.326. The zero-order chi connectivity index (χ0) is 39.2. The maximum absolute atomic E-state index is 13.9. The van der Waals surface area contributed by atoms with E-state index in [9.17, 15) is 19.5 Å². The van der Waals surface area contributed by atoms with Crippen molar-refractivity contribution in [1.29, 1.82) is 0 Å². The van der Waals surface area contributed by atoms with Gasteiger partial charge in [0.25, 0.3) is 5.91 Å². The summed E-state index contributed by atoms with van der Waals surface area (Å²) >= 11 is 0. The predicted octanol–water partition coefficient (Wildman–Crippen LogP) is 9.13. The Hall–Kier alpha value is -5.83. The van der Waals surface area contributed by atoms with Crippen LogP contribution in [0.15, 0.2) is 116 Å². The van der Waals surface area contributed by atoms with Crippen LogP contribution in [0.4, 0.5) is 0 Å². The second kappa shape index (κ2) is 19.5. The van der Waals surface area contributed by atoms with Gasteiger partial charge in [-0.2, -0.15) is 0 Å². The zero-order valence-corrected chi connectivity index (χ0v) is 32.3. The fourth-order valence-electron chi connectivity index (χ4n) is 6.25. The van der Waals surface area contributed by atoms with E-state index in [0.717, 1.165) is 46.6 Å². The number of nitrogens with one attached hydrogen (secondary N) is 2. The van der Waals surface area contributed by atoms with Crippen LogP contribution in [0.25, 0.3) is 22.5 Å². The van der Waals surface area contributed by atoms with Crippen molar-refractivity contribution in [2.45, 2.75) is 90.1 Å². The summed E-state index contributed by atoms with van der Waals surface area (Å²) in [6, 6.07) is 30.0. The highest BCUT2D eigenvalue weighted by Gasteiger charge is 2.26. The Bertz CT molecular complexity index is 1970. The first-order chi connectivity index (χ1) is 26.5. The van der Waals surface area contributed by atoms with Crippen LogP contribution in [0, 0.1) is 0 Å². The lowest BCUT2D eigenvalue weighted by molar-refractivity contribution is -0.137. The van der Waals surface area contributed by atoms with E-state index in [1.807, 2.05) is 66.7 Å². The summed E-state index contributed by atoms with van der Waals surface area (Å²) < 4.78 is 5.91. The first-order valence-electron chi connectivity index (χ1n) is 19.1. The number of amides is 2. The van der Waals surface area contributed by atoms with E-state index in [-0.39, 0.29) is 18.3 Å². The van der Waals surface area contributed by atoms with E-state index in [0.29, 0.717) is 17.0 Å². The molecule has 3 N–H and O–H groups in total. The number of carbonyl (C=O) groups excluding carboxylic acids is 2. The predicted molar refractivity (Wildman–Crippen MR) is 217 cm³/mol. The molecule has 0 fully saturated rings. The molecular formula is C46H52N4O5. The van der Waals surface area contributed by atoms with Gasteiger partial charge >= 0.3 is 5.97 Å². The molecule has 2 atom stereocenters. The lowest BCUT2D eigenvalue weighted by Crippen LogP contribution is -2.49. The van der Waals surface area contributed by atoms with Gasteiger partial charge < -0.3 is 20.5 Å². The molecule has 0 radical (unpaired) electrons. The number of unbranched alkanes of at least 4 members (excludes halogenated alkanes) is 4. The lowest BCUT2D eigenvalue weighted by Gasteiger charge is -2.24. The molecule has 55 heavy (non-hydrogen) atoms. The summed E-state index contributed by atoms with van der Waals surface area (Å²) in [5.41, 5.74) is 5.55. The second-order valence-corrected chi connectivity index (χ2v) is 14.9. The first kappa shape index (κ1) is 40.4. The minimum atomic E-state index is -1.05. The van der Waals surface area contributed by atoms with Crippen LogP contribution in [0.3, 0.4) is 0 Å². The Labute approximate surface area is 324 Å². The molecule has 1 heterocycles. The SMILES string of the molecule is CCCCCCCOc1ccc(-c2cnc(-c3ccc(CC(NC(=O)c4ccc(C(C)(C)C)cc4)C(=O)NC(CC(=O)O)c4ccccc4)cc3)nc2)cc1. The van der Waals surface area contributed by atoms with Crippen LogP contribution in [-0.4, -0.2) is 45.5 Å². The summed E-state index contributed by atoms with van der Waals surface area (Å²) in [7, 11) is 0. The Morgan fingerprint density at radius 1 is 0.727 bits per heavy atom. The van der Waals surface area contributed by atoms with Gasteiger partial charge in [-0.15, -0.1) is 0 Å². The highest BCUT2D eigenvalue weighted by atomic mass is 16.5. The lowest BCUT2D eigenvalue weighted by atomic mass is 9.86. The van der Waals surface area contributed by atoms with Crippen molar-refractivity contribution in [3.05, 3.63) is 138 Å². The number of carboxylic acid groups (broad SMARTS) is 1. The zero-order valence-electron chi connectivity index (χ0n) is 32.3. The number of hydrogen-bond donors (Lipinski definition) is 3. The van der Waals surface area contributed by atoms with Gasteiger partial charge in [0.1, 0.15) is 11.8 Å². The van der Waals surface area contributed by atoms with Gasteiger partial charge in [0, 0.05) is 35.5 Å². The summed E-state index contributed by atoms with van der Waals surface area (Å²) in [6.45, 7) is 9.23. The van der Waals surface area contributed by atoms with Crippen LogP contribution < -0.4 is 15.4 Å². The molecule has 2 unspecified atom stereocenters. The third-order valence-electron chi connectivity index (χ3n) is 9.54. The van der Waals surface area contributed by atoms with Gasteiger partial charge in [-0.3, -0.25) is 14.4 Å². The van der Waals surface area contributed by atoms with E-state index in [4.69, 9.17) is 4.74 Å². The number of benzene rings is 4. The van der Waals surface area contributed by atoms with E-state index in [1.165, 1.54) is 25.7 Å². The number of aliphatic carboxylic acids is 1. The first-order valence-corrected chi connectivity index (χ1v) is 19.1. The molecule has 0 bridgehead atoms. The molecule has 0 saturated heterocycles. The van der Waals surface area contributed by atoms with Crippen LogP contribution in [0.5, 0.6) is 5.75 Å². The normalized spacial score (nSPS) is 12.4. The van der Waals surface area contributed by atoms with Crippen LogP contribution >= 0.6 is 0 Å². The van der Waals surface area contributed by atoms with Crippen molar-refractivity contribution in [2.24, 2.45) is 0 Å². The molecule has 5 rings (SSSR count). The summed E-state index contributed by atoms with van der Waals surface area (Å²) in [5, 5.41) is 15.4. The van der Waals surface area contributed by atoms with Gasteiger partial charge in [-0.25, -0.2) is 9.97 Å². The van der Waals surface area contributed by atoms with E-state index in [2.05, 4.69) is 48.3 Å². The highest BCUT2D eigenvalue weighted by molar-refractivity contribution is 5.97. The number of aromatic nitrogens is 2. The van der Waals surface area contributed by atoms with Gasteiger partial charge in [-0.1, -0.05) is 132 Å². The van der Waals surface area contributed by atoms with E-state index >= 15 is 0 Å². The van der Waals surface area contributed by atoms with Crippen molar-refractivity contribution >= 4 is 17.8 Å². The summed E-state index contributed by atoms with van der Waals surface area (Å²) in [6.07, 6.45) is 9.45. The molecule has 1 aromatic heterocycles. The van der Waals surface area contributed by atoms with Gasteiger partial charge in [0.15, 0.2) is 5.82 Å². The molecule has 9 heteroatoms. The number of carbonyl (C=O) groups is 3. The average molecular weight is 741 g/mol. The average Bonchev–Trinajstić information content (AvgIpc) is 3.19. The van der Waals surface area contributed by atoms with Crippen molar-refractivity contribution in [3.63, 3.8) is 0 Å². The van der Waals surface area contributed by atoms with Crippen LogP contribution in [0.2, 0.25) is 0 Å². The van der Waals surface area contributed by atoms with Gasteiger partial charge in [0.05, 0.1) is 19.1 Å². The maximum atomic E-state index is 13.9. The smallest absolute Gasteiger partial charge is 0.305 e. The van der Waals surface area contributed by atoms with Crippen molar-refractivity contribution < 1.29 is 24.2 Å². The van der Waals surface area contributed by atoms with Gasteiger partial charge in [-0.05, 0) is 58.4 Å². The largest absolute Gasteiger partial charge is 0.494 e. The number of rotatable bonds is 18. The van der Waals surface area contributed by atoms with Crippen LogP contribution in [-0.2, 0) is 21.4 Å². The Balaban J connectivity index is 1.27. The number of hydrogen-bond acceptors (Lipinski definition) is 6. The third kappa shape index (κ3) is 12.1. The maximum Gasteiger partial charge on any atom is 0.305 e. The van der Waals surface area contributed by atoms with Crippen molar-refractivity contribution in [3.8, 4) is 28.3 Å². The van der Waals surface area contributed by atoms with Crippen molar-refractivity contribution in [1.82, 2.24) is 20.6 Å². The molecule has 0 aliphatic rings. The molecule has 0 saturated carbocycles. The Morgan fingerprint density at radius 3 is 1.98 bits per heavy atom. The molecule has 0 aliphatic carbocycles.